The van der Waals surface area contributed by atoms with Gasteiger partial charge in [0.2, 0.25) is 0 Å². The third-order valence-corrected chi connectivity index (χ3v) is 3.21. The Morgan fingerprint density at radius 2 is 2.29 bits per heavy atom. The molecule has 0 spiro atoms. The Morgan fingerprint density at radius 1 is 1.53 bits per heavy atom. The summed E-state index contributed by atoms with van der Waals surface area (Å²) < 4.78 is 18.3. The van der Waals surface area contributed by atoms with Crippen molar-refractivity contribution in [1.82, 2.24) is 5.32 Å². The van der Waals surface area contributed by atoms with Gasteiger partial charge in [-0.25, -0.2) is 4.39 Å². The van der Waals surface area contributed by atoms with Crippen LogP contribution in [0.3, 0.4) is 0 Å². The van der Waals surface area contributed by atoms with E-state index < -0.39 is 0 Å². The van der Waals surface area contributed by atoms with E-state index in [4.69, 9.17) is 4.74 Å². The van der Waals surface area contributed by atoms with Crippen LogP contribution in [0.25, 0.3) is 0 Å². The first-order valence-electron chi connectivity index (χ1n) is 5.68. The first-order chi connectivity index (χ1) is 8.11. The predicted molar refractivity (Wildman–Crippen MR) is 62.7 cm³/mol. The largest absolute Gasteiger partial charge is 0.380 e. The van der Waals surface area contributed by atoms with Crippen molar-refractivity contribution in [2.45, 2.75) is 25.5 Å². The van der Waals surface area contributed by atoms with E-state index in [1.54, 1.807) is 13.2 Å². The molecule has 3 nitrogen and oxygen atoms in total. The Bertz CT molecular complexity index is 433. The molecule has 0 radical (unpaired) electrons. The van der Waals surface area contributed by atoms with E-state index in [1.165, 1.54) is 12.1 Å². The average molecular weight is 237 g/mol. The van der Waals surface area contributed by atoms with E-state index in [2.05, 4.69) is 5.32 Å². The first-order valence-corrected chi connectivity index (χ1v) is 5.68. The molecule has 1 fully saturated rings. The van der Waals surface area contributed by atoms with Gasteiger partial charge in [-0.2, -0.15) is 0 Å². The van der Waals surface area contributed by atoms with Crippen molar-refractivity contribution in [1.29, 1.82) is 0 Å². The fraction of sp³-hybridized carbons (Fsp3) is 0.462. The molecule has 2 rings (SSSR count). The zero-order chi connectivity index (χ0) is 12.4. The van der Waals surface area contributed by atoms with Crippen molar-refractivity contribution in [3.05, 3.63) is 35.1 Å². The number of rotatable bonds is 3. The summed E-state index contributed by atoms with van der Waals surface area (Å²) in [4.78, 5) is 12.2. The smallest absolute Gasteiger partial charge is 0.180 e. The zero-order valence-corrected chi connectivity index (χ0v) is 10.00. The lowest BCUT2D eigenvalue weighted by Crippen LogP contribution is -2.31. The summed E-state index contributed by atoms with van der Waals surface area (Å²) in [6.45, 7) is 2.48. The van der Waals surface area contributed by atoms with Crippen LogP contribution in [0.5, 0.6) is 0 Å². The highest BCUT2D eigenvalue weighted by atomic mass is 19.1. The Kier molecular flexibility index (Phi) is 3.54. The second kappa shape index (κ2) is 4.94. The number of carbonyl (C=O) groups excluding carboxylic acids is 1. The minimum atomic E-state index is -0.375. The van der Waals surface area contributed by atoms with Crippen LogP contribution < -0.4 is 5.32 Å². The van der Waals surface area contributed by atoms with Gasteiger partial charge in [0.25, 0.3) is 0 Å². The number of Topliss-reactive ketones (excluding diaryl/α,β-unsaturated/α-hetero) is 1. The fourth-order valence-electron chi connectivity index (χ4n) is 2.13. The molecule has 1 heterocycles. The maximum Gasteiger partial charge on any atom is 0.180 e. The number of ketones is 1. The van der Waals surface area contributed by atoms with Crippen LogP contribution in [0.15, 0.2) is 18.2 Å². The standard InChI is InChI=1S/C13H16FNO2/c1-8-3-4-9(14)5-11(8)13(16)12-6-10(17-2)7-15-12/h3-5,10,12,15H,6-7H2,1-2H3. The van der Waals surface area contributed by atoms with E-state index in [0.717, 1.165) is 5.56 Å². The summed E-state index contributed by atoms with van der Waals surface area (Å²) in [5.41, 5.74) is 1.26. The van der Waals surface area contributed by atoms with Gasteiger partial charge in [-0.05, 0) is 31.0 Å². The van der Waals surface area contributed by atoms with Crippen LogP contribution in [0.1, 0.15) is 22.3 Å². The summed E-state index contributed by atoms with van der Waals surface area (Å²) in [6.07, 6.45) is 0.712. The quantitative estimate of drug-likeness (QED) is 0.813. The maximum atomic E-state index is 13.1. The second-order valence-corrected chi connectivity index (χ2v) is 4.38. The lowest BCUT2D eigenvalue weighted by Gasteiger charge is -2.11. The number of ether oxygens (including phenoxy) is 1. The molecule has 1 aliphatic rings. The average Bonchev–Trinajstić information content (AvgIpc) is 2.80. The minimum Gasteiger partial charge on any atom is -0.380 e. The van der Waals surface area contributed by atoms with Crippen molar-refractivity contribution in [2.75, 3.05) is 13.7 Å². The summed E-state index contributed by atoms with van der Waals surface area (Å²) in [5.74, 6) is -0.429. The monoisotopic (exact) mass is 237 g/mol. The number of hydrogen-bond donors (Lipinski definition) is 1. The number of benzene rings is 1. The molecule has 92 valence electrons. The van der Waals surface area contributed by atoms with E-state index in [9.17, 15) is 9.18 Å². The molecule has 0 aliphatic carbocycles. The molecule has 1 aliphatic heterocycles. The molecule has 2 atom stereocenters. The van der Waals surface area contributed by atoms with Crippen LogP contribution in [-0.4, -0.2) is 31.6 Å². The van der Waals surface area contributed by atoms with Crippen molar-refractivity contribution in [2.24, 2.45) is 0 Å². The number of methoxy groups -OCH3 is 1. The highest BCUT2D eigenvalue weighted by Gasteiger charge is 2.30. The third kappa shape index (κ3) is 2.53. The molecule has 2 unspecified atom stereocenters. The number of nitrogens with one attached hydrogen (secondary N) is 1. The molecule has 0 bridgehead atoms. The fourth-order valence-corrected chi connectivity index (χ4v) is 2.13. The van der Waals surface area contributed by atoms with Crippen LogP contribution >= 0.6 is 0 Å². The van der Waals surface area contributed by atoms with Gasteiger partial charge >= 0.3 is 0 Å². The van der Waals surface area contributed by atoms with E-state index in [1.807, 2.05) is 6.92 Å². The van der Waals surface area contributed by atoms with Crippen molar-refractivity contribution in [3.8, 4) is 0 Å². The van der Waals surface area contributed by atoms with Gasteiger partial charge in [-0.1, -0.05) is 6.07 Å². The van der Waals surface area contributed by atoms with Crippen molar-refractivity contribution < 1.29 is 13.9 Å². The van der Waals surface area contributed by atoms with Gasteiger partial charge < -0.3 is 10.1 Å². The number of hydrogen-bond acceptors (Lipinski definition) is 3. The molecule has 0 saturated carbocycles. The molecular formula is C13H16FNO2. The lowest BCUT2D eigenvalue weighted by molar-refractivity contribution is 0.0918. The van der Waals surface area contributed by atoms with Crippen LogP contribution in [0.2, 0.25) is 0 Å². The van der Waals surface area contributed by atoms with Crippen LogP contribution in [0, 0.1) is 12.7 Å². The normalized spacial score (nSPS) is 23.9. The van der Waals surface area contributed by atoms with E-state index >= 15 is 0 Å². The second-order valence-electron chi connectivity index (χ2n) is 4.38. The van der Waals surface area contributed by atoms with Gasteiger partial charge in [0, 0.05) is 19.2 Å². The number of aryl methyl sites for hydroxylation is 1. The molecule has 17 heavy (non-hydrogen) atoms. The minimum absolute atomic E-state index is 0.0541. The predicted octanol–water partition coefficient (Wildman–Crippen LogP) is 1.69. The Morgan fingerprint density at radius 3 is 2.94 bits per heavy atom. The van der Waals surface area contributed by atoms with Crippen molar-refractivity contribution in [3.63, 3.8) is 0 Å². The SMILES string of the molecule is COC1CNC(C(=O)c2cc(F)ccc2C)C1. The summed E-state index contributed by atoms with van der Waals surface area (Å²) in [7, 11) is 1.63. The lowest BCUT2D eigenvalue weighted by atomic mass is 9.98. The van der Waals surface area contributed by atoms with Gasteiger partial charge in [0.15, 0.2) is 5.78 Å². The van der Waals surface area contributed by atoms with Gasteiger partial charge in [-0.3, -0.25) is 4.79 Å². The summed E-state index contributed by atoms with van der Waals surface area (Å²) in [5, 5.41) is 3.11. The Balaban J connectivity index is 2.17. The summed E-state index contributed by atoms with van der Waals surface area (Å²) >= 11 is 0. The zero-order valence-electron chi connectivity index (χ0n) is 10.00. The molecule has 1 saturated heterocycles. The highest BCUT2D eigenvalue weighted by molar-refractivity contribution is 6.01. The van der Waals surface area contributed by atoms with E-state index in [0.29, 0.717) is 18.5 Å². The molecule has 0 amide bonds. The Hall–Kier alpha value is -1.26. The van der Waals surface area contributed by atoms with Gasteiger partial charge in [0.1, 0.15) is 5.82 Å². The number of halogens is 1. The first kappa shape index (κ1) is 12.2. The highest BCUT2D eigenvalue weighted by Crippen LogP contribution is 2.18. The third-order valence-electron chi connectivity index (χ3n) is 3.21. The van der Waals surface area contributed by atoms with Gasteiger partial charge in [0.05, 0.1) is 12.1 Å². The van der Waals surface area contributed by atoms with Crippen LogP contribution in [-0.2, 0) is 4.74 Å². The number of carbonyl (C=O) groups is 1. The van der Waals surface area contributed by atoms with Crippen LogP contribution in [0.4, 0.5) is 4.39 Å². The molecule has 1 N–H and O–H groups in total. The van der Waals surface area contributed by atoms with Gasteiger partial charge in [-0.15, -0.1) is 0 Å². The molecule has 1 aromatic carbocycles. The van der Waals surface area contributed by atoms with Crippen molar-refractivity contribution >= 4 is 5.78 Å². The molecular weight excluding hydrogens is 221 g/mol. The molecule has 4 heteroatoms. The maximum absolute atomic E-state index is 13.1. The summed E-state index contributed by atoms with van der Waals surface area (Å²) in [6, 6.07) is 4.04. The van der Waals surface area contributed by atoms with E-state index in [-0.39, 0.29) is 23.7 Å². The topological polar surface area (TPSA) is 38.3 Å². The molecule has 0 aromatic heterocycles. The molecule has 1 aromatic rings. The Labute approximate surface area is 100.0 Å².